The van der Waals surface area contributed by atoms with Gasteiger partial charge >= 0.3 is 0 Å². The van der Waals surface area contributed by atoms with Gasteiger partial charge in [0.15, 0.2) is 0 Å². The molecule has 2 saturated heterocycles. The summed E-state index contributed by atoms with van der Waals surface area (Å²) in [6.07, 6.45) is 12.6. The van der Waals surface area contributed by atoms with E-state index in [0.29, 0.717) is 6.04 Å². The molecule has 0 radical (unpaired) electrons. The van der Waals surface area contributed by atoms with Gasteiger partial charge in [0, 0.05) is 37.3 Å². The number of furan rings is 1. The summed E-state index contributed by atoms with van der Waals surface area (Å²) >= 11 is 0. The Morgan fingerprint density at radius 1 is 1.20 bits per heavy atom. The van der Waals surface area contributed by atoms with Crippen LogP contribution in [0.25, 0.3) is 0 Å². The van der Waals surface area contributed by atoms with E-state index in [2.05, 4.69) is 25.9 Å². The molecule has 1 aliphatic carbocycles. The second-order valence-corrected chi connectivity index (χ2v) is 8.13. The topological polar surface area (TPSA) is 50.3 Å². The predicted octanol–water partition coefficient (Wildman–Crippen LogP) is 2.25. The summed E-state index contributed by atoms with van der Waals surface area (Å²) in [6.45, 7) is 5.72. The molecule has 3 aliphatic rings. The minimum atomic E-state index is 0.617. The Hall–Kier alpha value is -1.66. The fourth-order valence-electron chi connectivity index (χ4n) is 4.91. The average molecular weight is 341 g/mol. The van der Waals surface area contributed by atoms with Crippen molar-refractivity contribution in [1.29, 1.82) is 0 Å². The molecule has 5 rings (SSSR count). The largest absolute Gasteiger partial charge is 0.472 e. The zero-order valence-electron chi connectivity index (χ0n) is 14.7. The number of fused-ring (bicyclic) bond motifs is 1. The van der Waals surface area contributed by atoms with Crippen LogP contribution in [-0.2, 0) is 13.1 Å². The van der Waals surface area contributed by atoms with E-state index in [1.54, 1.807) is 12.6 Å². The van der Waals surface area contributed by atoms with Crippen molar-refractivity contribution in [2.45, 2.75) is 50.9 Å². The number of hydrogen-bond acceptors (Lipinski definition) is 5. The monoisotopic (exact) mass is 341 g/mol. The summed E-state index contributed by atoms with van der Waals surface area (Å²) in [4.78, 5) is 9.57. The van der Waals surface area contributed by atoms with Crippen LogP contribution in [0.2, 0.25) is 0 Å². The highest BCUT2D eigenvalue weighted by Crippen LogP contribution is 2.40. The molecule has 1 saturated carbocycles. The molecule has 3 atom stereocenters. The molecular formula is C19H27N5O. The van der Waals surface area contributed by atoms with Crippen LogP contribution in [-0.4, -0.2) is 56.3 Å². The minimum absolute atomic E-state index is 0.617. The van der Waals surface area contributed by atoms with Gasteiger partial charge in [-0.1, -0.05) is 0 Å². The zero-order chi connectivity index (χ0) is 16.6. The van der Waals surface area contributed by atoms with Crippen LogP contribution in [0.4, 0.5) is 0 Å². The van der Waals surface area contributed by atoms with Crippen molar-refractivity contribution in [1.82, 2.24) is 24.6 Å². The lowest BCUT2D eigenvalue weighted by Gasteiger charge is -2.38. The quantitative estimate of drug-likeness (QED) is 0.806. The van der Waals surface area contributed by atoms with Gasteiger partial charge in [-0.15, -0.1) is 0 Å². The summed E-state index contributed by atoms with van der Waals surface area (Å²) in [6, 6.07) is 3.47. The lowest BCUT2D eigenvalue weighted by Crippen LogP contribution is -2.47. The Morgan fingerprint density at radius 2 is 2.16 bits per heavy atom. The molecule has 0 aromatic carbocycles. The molecule has 0 bridgehead atoms. The molecule has 2 aliphatic heterocycles. The Morgan fingerprint density at radius 3 is 2.92 bits per heavy atom. The molecule has 25 heavy (non-hydrogen) atoms. The van der Waals surface area contributed by atoms with Gasteiger partial charge in [0.1, 0.15) is 12.7 Å². The third-order valence-corrected chi connectivity index (χ3v) is 6.26. The normalized spacial score (nSPS) is 30.6. The highest BCUT2D eigenvalue weighted by atomic mass is 16.3. The molecule has 6 nitrogen and oxygen atoms in total. The molecule has 0 unspecified atom stereocenters. The van der Waals surface area contributed by atoms with Crippen LogP contribution >= 0.6 is 0 Å². The molecule has 2 aromatic rings. The Labute approximate surface area is 148 Å². The highest BCUT2D eigenvalue weighted by molar-refractivity contribution is 5.06. The first-order valence-electron chi connectivity index (χ1n) is 9.67. The first kappa shape index (κ1) is 15.6. The summed E-state index contributed by atoms with van der Waals surface area (Å²) in [5.74, 6) is 1.73. The molecule has 3 fully saturated rings. The van der Waals surface area contributed by atoms with E-state index in [4.69, 9.17) is 4.42 Å². The maximum atomic E-state index is 5.24. The number of aromatic nitrogens is 3. The lowest BCUT2D eigenvalue weighted by atomic mass is 9.92. The second-order valence-electron chi connectivity index (χ2n) is 8.13. The van der Waals surface area contributed by atoms with Crippen molar-refractivity contribution >= 4 is 0 Å². The highest BCUT2D eigenvalue weighted by Gasteiger charge is 2.45. The average Bonchev–Trinajstić information content (AvgIpc) is 3.01. The third-order valence-electron chi connectivity index (χ3n) is 6.26. The van der Waals surface area contributed by atoms with Gasteiger partial charge < -0.3 is 4.42 Å². The Kier molecular flexibility index (Phi) is 4.10. The molecular weight excluding hydrogens is 314 g/mol. The molecule has 4 heterocycles. The van der Waals surface area contributed by atoms with Crippen molar-refractivity contribution < 1.29 is 4.42 Å². The van der Waals surface area contributed by atoms with Crippen LogP contribution in [0.1, 0.15) is 31.2 Å². The van der Waals surface area contributed by atoms with E-state index >= 15 is 0 Å². The van der Waals surface area contributed by atoms with E-state index in [-0.39, 0.29) is 0 Å². The third kappa shape index (κ3) is 3.37. The van der Waals surface area contributed by atoms with E-state index in [1.807, 2.05) is 17.3 Å². The first-order valence-corrected chi connectivity index (χ1v) is 9.67. The number of rotatable bonds is 6. The van der Waals surface area contributed by atoms with E-state index in [0.717, 1.165) is 31.0 Å². The predicted molar refractivity (Wildman–Crippen MR) is 93.7 cm³/mol. The molecule has 2 aromatic heterocycles. The molecule has 134 valence electrons. The van der Waals surface area contributed by atoms with Crippen molar-refractivity contribution in [3.8, 4) is 0 Å². The van der Waals surface area contributed by atoms with Crippen LogP contribution in [0.3, 0.4) is 0 Å². The first-order chi connectivity index (χ1) is 12.3. The fourth-order valence-corrected chi connectivity index (χ4v) is 4.91. The Balaban J connectivity index is 1.27. The van der Waals surface area contributed by atoms with E-state index in [1.165, 1.54) is 50.9 Å². The van der Waals surface area contributed by atoms with Crippen molar-refractivity contribution in [2.24, 2.45) is 11.8 Å². The van der Waals surface area contributed by atoms with Crippen LogP contribution in [0, 0.1) is 11.8 Å². The van der Waals surface area contributed by atoms with Crippen molar-refractivity contribution in [3.05, 3.63) is 36.8 Å². The molecule has 0 amide bonds. The van der Waals surface area contributed by atoms with Crippen LogP contribution in [0.15, 0.2) is 35.7 Å². The van der Waals surface area contributed by atoms with E-state index in [9.17, 15) is 0 Å². The van der Waals surface area contributed by atoms with Gasteiger partial charge in [0.05, 0.1) is 19.1 Å². The molecule has 0 N–H and O–H groups in total. The van der Waals surface area contributed by atoms with Crippen molar-refractivity contribution in [3.63, 3.8) is 0 Å². The van der Waals surface area contributed by atoms with Gasteiger partial charge in [-0.3, -0.25) is 14.5 Å². The summed E-state index contributed by atoms with van der Waals surface area (Å²) in [5.41, 5.74) is 1.30. The summed E-state index contributed by atoms with van der Waals surface area (Å²) in [7, 11) is 0. The number of piperidine rings is 1. The minimum Gasteiger partial charge on any atom is -0.472 e. The summed E-state index contributed by atoms with van der Waals surface area (Å²) < 4.78 is 7.25. The van der Waals surface area contributed by atoms with Crippen LogP contribution in [0.5, 0.6) is 0 Å². The standard InChI is InChI=1S/C19H27N5O/c1-2-15(1)9-24-18(11-23-14-20-13-21-23)7-17-10-22(5-3-19(17)24)8-16-4-6-25-12-16/h4,6,12-15,17-19H,1-3,5,7-11H2/t17-,18+,19+/m0/s1. The molecule has 6 heteroatoms. The maximum absolute atomic E-state index is 5.24. The van der Waals surface area contributed by atoms with Gasteiger partial charge in [0.2, 0.25) is 0 Å². The van der Waals surface area contributed by atoms with Gasteiger partial charge in [-0.25, -0.2) is 4.98 Å². The number of likely N-dealkylation sites (tertiary alicyclic amines) is 2. The number of nitrogens with zero attached hydrogens (tertiary/aromatic N) is 5. The fraction of sp³-hybridized carbons (Fsp3) is 0.684. The van der Waals surface area contributed by atoms with Gasteiger partial charge in [-0.05, 0) is 50.1 Å². The molecule has 0 spiro atoms. The smallest absolute Gasteiger partial charge is 0.137 e. The lowest BCUT2D eigenvalue weighted by molar-refractivity contribution is 0.0893. The van der Waals surface area contributed by atoms with E-state index < -0.39 is 0 Å². The SMILES string of the molecule is c1ncn(C[C@H]2C[C@H]3CN(Cc4ccoc4)CC[C@H]3N2CC2CC2)n1. The maximum Gasteiger partial charge on any atom is 0.137 e. The second kappa shape index (κ2) is 6.57. The summed E-state index contributed by atoms with van der Waals surface area (Å²) in [5, 5.41) is 4.35. The number of hydrogen-bond donors (Lipinski definition) is 0. The van der Waals surface area contributed by atoms with Crippen molar-refractivity contribution in [2.75, 3.05) is 19.6 Å². The van der Waals surface area contributed by atoms with Gasteiger partial charge in [0.25, 0.3) is 0 Å². The zero-order valence-corrected chi connectivity index (χ0v) is 14.7. The van der Waals surface area contributed by atoms with Crippen LogP contribution < -0.4 is 0 Å². The Bertz CT molecular complexity index is 666. The van der Waals surface area contributed by atoms with Gasteiger partial charge in [-0.2, -0.15) is 5.10 Å².